The minimum absolute atomic E-state index is 0.639. The van der Waals surface area contributed by atoms with Gasteiger partial charge in [-0.15, -0.1) is 0 Å². The lowest BCUT2D eigenvalue weighted by molar-refractivity contribution is -0.128. The molecule has 1 aromatic rings. The largest absolute Gasteiger partial charge is 0.0594 e. The van der Waals surface area contributed by atoms with Crippen LogP contribution in [-0.2, 0) is 6.42 Å². The van der Waals surface area contributed by atoms with E-state index < -0.39 is 0 Å². The van der Waals surface area contributed by atoms with E-state index in [1.165, 1.54) is 63.4 Å². The second-order valence-electron chi connectivity index (χ2n) is 11.5. The van der Waals surface area contributed by atoms with Crippen LogP contribution in [0.5, 0.6) is 0 Å². The van der Waals surface area contributed by atoms with Crippen LogP contribution in [0.2, 0.25) is 0 Å². The Morgan fingerprint density at radius 2 is 1.59 bits per heavy atom. The first-order valence-corrected chi connectivity index (χ1v) is 12.1. The first kappa shape index (κ1) is 18.3. The molecule has 4 saturated carbocycles. The summed E-state index contributed by atoms with van der Waals surface area (Å²) in [7, 11) is 0. The lowest BCUT2D eigenvalue weighted by Crippen LogP contribution is -2.55. The third-order valence-corrected chi connectivity index (χ3v) is 10.2. The maximum Gasteiger partial charge on any atom is -0.0247 e. The first-order chi connectivity index (χ1) is 13.0. The van der Waals surface area contributed by atoms with Gasteiger partial charge in [-0.25, -0.2) is 0 Å². The van der Waals surface area contributed by atoms with Crippen LogP contribution in [-0.4, -0.2) is 0 Å². The number of aryl methyl sites for hydroxylation is 1. The molecule has 0 nitrogen and oxygen atoms in total. The van der Waals surface area contributed by atoms with Crippen molar-refractivity contribution >= 4 is 0 Å². The van der Waals surface area contributed by atoms with Gasteiger partial charge in [0.25, 0.3) is 0 Å². The van der Waals surface area contributed by atoms with Gasteiger partial charge < -0.3 is 0 Å². The minimum atomic E-state index is 0.639. The Kier molecular flexibility index (Phi) is 4.49. The summed E-state index contributed by atoms with van der Waals surface area (Å²) in [6.07, 6.45) is 16.5. The summed E-state index contributed by atoms with van der Waals surface area (Å²) < 4.78 is 0. The molecule has 148 valence electrons. The Balaban J connectivity index is 1.47. The Labute approximate surface area is 167 Å². The summed E-state index contributed by atoms with van der Waals surface area (Å²) in [5, 5.41) is 0. The Morgan fingerprint density at radius 1 is 0.815 bits per heavy atom. The van der Waals surface area contributed by atoms with Crippen molar-refractivity contribution in [2.24, 2.45) is 40.4 Å². The van der Waals surface area contributed by atoms with Crippen LogP contribution in [0, 0.1) is 47.3 Å². The van der Waals surface area contributed by atoms with Crippen LogP contribution in [0.1, 0.15) is 89.2 Å². The van der Waals surface area contributed by atoms with Gasteiger partial charge in [-0.1, -0.05) is 62.9 Å². The number of hydrogen-bond acceptors (Lipinski definition) is 0. The quantitative estimate of drug-likeness (QED) is 0.507. The zero-order valence-corrected chi connectivity index (χ0v) is 18.0. The SMILES string of the molecule is Cc1ccc(CC2C[C@H]3[C@@H]4CCC[C@@]4(C)CC[C@@H]3[C@@]3(C)CCCC[C@H]23)cc1. The highest BCUT2D eigenvalue weighted by molar-refractivity contribution is 5.22. The number of hydrogen-bond donors (Lipinski definition) is 0. The summed E-state index contributed by atoms with van der Waals surface area (Å²) >= 11 is 0. The molecule has 0 heterocycles. The highest BCUT2D eigenvalue weighted by Gasteiger charge is 2.59. The summed E-state index contributed by atoms with van der Waals surface area (Å²) in [4.78, 5) is 0. The van der Waals surface area contributed by atoms with Gasteiger partial charge in [0.2, 0.25) is 0 Å². The van der Waals surface area contributed by atoms with Crippen LogP contribution >= 0.6 is 0 Å². The molecule has 0 saturated heterocycles. The lowest BCUT2D eigenvalue weighted by Gasteiger charge is -2.62. The van der Waals surface area contributed by atoms with E-state index in [9.17, 15) is 0 Å². The van der Waals surface area contributed by atoms with Crippen LogP contribution in [0.15, 0.2) is 24.3 Å². The fourth-order valence-electron chi connectivity index (χ4n) is 8.81. The van der Waals surface area contributed by atoms with Crippen LogP contribution < -0.4 is 0 Å². The van der Waals surface area contributed by atoms with E-state index in [1.807, 2.05) is 0 Å². The van der Waals surface area contributed by atoms with Gasteiger partial charge in [-0.3, -0.25) is 0 Å². The van der Waals surface area contributed by atoms with Crippen molar-refractivity contribution < 1.29 is 0 Å². The summed E-state index contributed by atoms with van der Waals surface area (Å²) in [5.74, 6) is 5.02. The first-order valence-electron chi connectivity index (χ1n) is 12.1. The average Bonchev–Trinajstić information content (AvgIpc) is 3.05. The normalized spacial score (nSPS) is 46.4. The number of rotatable bonds is 2. The molecule has 7 atom stereocenters. The van der Waals surface area contributed by atoms with Gasteiger partial charge in [0.15, 0.2) is 0 Å². The fraction of sp³-hybridized carbons (Fsp3) is 0.778. The Hall–Kier alpha value is -0.780. The van der Waals surface area contributed by atoms with E-state index in [0.717, 1.165) is 29.6 Å². The number of fused-ring (bicyclic) bond motifs is 5. The van der Waals surface area contributed by atoms with Gasteiger partial charge in [0.05, 0.1) is 0 Å². The molecule has 5 rings (SSSR count). The molecule has 1 aromatic carbocycles. The molecule has 1 unspecified atom stereocenters. The topological polar surface area (TPSA) is 0 Å². The Morgan fingerprint density at radius 3 is 2.41 bits per heavy atom. The third kappa shape index (κ3) is 2.92. The molecule has 4 fully saturated rings. The molecule has 0 spiro atoms. The standard InChI is InChI=1S/C27H40/c1-19-9-11-20(12-10-19)17-21-18-22-24-8-6-14-26(24,2)16-13-25(22)27(3)15-5-4-7-23(21)27/h9-12,21-25H,4-8,13-18H2,1-3H3/t21?,22-,23+,24-,25-,26-,27-/m0/s1. The van der Waals surface area contributed by atoms with Gasteiger partial charge >= 0.3 is 0 Å². The Bertz CT molecular complexity index is 672. The molecular formula is C27H40. The average molecular weight is 365 g/mol. The van der Waals surface area contributed by atoms with Crippen LogP contribution in [0.3, 0.4) is 0 Å². The highest BCUT2D eigenvalue weighted by atomic mass is 14.6. The maximum atomic E-state index is 2.74. The zero-order chi connectivity index (χ0) is 18.6. The van der Waals surface area contributed by atoms with Crippen molar-refractivity contribution in [3.63, 3.8) is 0 Å². The van der Waals surface area contributed by atoms with Crippen molar-refractivity contribution in [1.82, 2.24) is 0 Å². The molecular weight excluding hydrogens is 324 g/mol. The van der Waals surface area contributed by atoms with Crippen molar-refractivity contribution in [3.8, 4) is 0 Å². The molecule has 0 aromatic heterocycles. The van der Waals surface area contributed by atoms with Crippen molar-refractivity contribution in [3.05, 3.63) is 35.4 Å². The summed E-state index contributed by atoms with van der Waals surface area (Å²) in [6, 6.07) is 9.50. The monoisotopic (exact) mass is 364 g/mol. The maximum absolute atomic E-state index is 2.74. The van der Waals surface area contributed by atoms with Crippen molar-refractivity contribution in [2.45, 2.75) is 91.4 Å². The molecule has 0 bridgehead atoms. The second-order valence-corrected chi connectivity index (χ2v) is 11.5. The molecule has 27 heavy (non-hydrogen) atoms. The van der Waals surface area contributed by atoms with Crippen LogP contribution in [0.4, 0.5) is 0 Å². The smallest absolute Gasteiger partial charge is 0.0247 e. The van der Waals surface area contributed by atoms with Gasteiger partial charge in [0, 0.05) is 0 Å². The minimum Gasteiger partial charge on any atom is -0.0594 e. The second kappa shape index (κ2) is 6.64. The van der Waals surface area contributed by atoms with Gasteiger partial charge in [0.1, 0.15) is 0 Å². The third-order valence-electron chi connectivity index (χ3n) is 10.2. The van der Waals surface area contributed by atoms with E-state index in [2.05, 4.69) is 45.0 Å². The predicted molar refractivity (Wildman–Crippen MR) is 115 cm³/mol. The zero-order valence-electron chi connectivity index (χ0n) is 18.0. The highest BCUT2D eigenvalue weighted by Crippen LogP contribution is 2.67. The lowest BCUT2D eigenvalue weighted by atomic mass is 9.43. The molecule has 4 aliphatic rings. The van der Waals surface area contributed by atoms with Gasteiger partial charge in [-0.2, -0.15) is 0 Å². The predicted octanol–water partition coefficient (Wildman–Crippen LogP) is 7.59. The van der Waals surface area contributed by atoms with Gasteiger partial charge in [-0.05, 0) is 104 Å². The van der Waals surface area contributed by atoms with E-state index in [1.54, 1.807) is 18.4 Å². The molecule has 0 N–H and O–H groups in total. The van der Waals surface area contributed by atoms with Crippen molar-refractivity contribution in [1.29, 1.82) is 0 Å². The van der Waals surface area contributed by atoms with E-state index in [-0.39, 0.29) is 0 Å². The van der Waals surface area contributed by atoms with E-state index in [4.69, 9.17) is 0 Å². The molecule has 0 radical (unpaired) electrons. The van der Waals surface area contributed by atoms with Crippen LogP contribution in [0.25, 0.3) is 0 Å². The molecule has 0 heteroatoms. The molecule has 0 aliphatic heterocycles. The summed E-state index contributed by atoms with van der Waals surface area (Å²) in [6.45, 7) is 7.62. The summed E-state index contributed by atoms with van der Waals surface area (Å²) in [5.41, 5.74) is 4.33. The van der Waals surface area contributed by atoms with Crippen molar-refractivity contribution in [2.75, 3.05) is 0 Å². The number of benzene rings is 1. The van der Waals surface area contributed by atoms with E-state index >= 15 is 0 Å². The molecule has 0 amide bonds. The fourth-order valence-corrected chi connectivity index (χ4v) is 8.81. The molecule has 4 aliphatic carbocycles. The van der Waals surface area contributed by atoms with E-state index in [0.29, 0.717) is 10.8 Å².